The molecular weight excluding hydrogens is 348 g/mol. The third kappa shape index (κ3) is 2.88. The molecule has 3 rings (SSSR count). The van der Waals surface area contributed by atoms with Crippen molar-refractivity contribution in [1.29, 1.82) is 0 Å². The number of halogens is 2. The van der Waals surface area contributed by atoms with Crippen LogP contribution in [0.1, 0.15) is 49.5 Å². The first-order valence-corrected chi connectivity index (χ1v) is 8.85. The van der Waals surface area contributed by atoms with Gasteiger partial charge in [0.25, 0.3) is 0 Å². The highest BCUT2D eigenvalue weighted by Gasteiger charge is 2.42. The Bertz CT molecular complexity index is 437. The van der Waals surface area contributed by atoms with Gasteiger partial charge in [-0.15, -0.1) is 11.3 Å². The molecule has 106 valence electrons. The highest BCUT2D eigenvalue weighted by molar-refractivity contribution is 9.10. The van der Waals surface area contributed by atoms with Gasteiger partial charge >= 0.3 is 0 Å². The van der Waals surface area contributed by atoms with Gasteiger partial charge in [0.15, 0.2) is 0 Å². The zero-order valence-corrected chi connectivity index (χ0v) is 13.9. The molecule has 2 fully saturated rings. The lowest BCUT2D eigenvalue weighted by Crippen LogP contribution is -2.39. The molecule has 0 bridgehead atoms. The Hall–Kier alpha value is 0.390. The summed E-state index contributed by atoms with van der Waals surface area (Å²) in [5.74, 6) is 0.300. The Morgan fingerprint density at radius 3 is 2.84 bits per heavy atom. The van der Waals surface area contributed by atoms with Crippen LogP contribution in [0, 0.1) is 5.92 Å². The second-order valence-corrected chi connectivity index (χ2v) is 8.25. The van der Waals surface area contributed by atoms with Crippen LogP contribution in [-0.2, 0) is 4.74 Å². The number of aliphatic hydroxyl groups excluding tert-OH is 1. The van der Waals surface area contributed by atoms with Gasteiger partial charge in [-0.2, -0.15) is 0 Å². The highest BCUT2D eigenvalue weighted by Crippen LogP contribution is 2.47. The predicted molar refractivity (Wildman–Crippen MR) is 81.9 cm³/mol. The zero-order chi connectivity index (χ0) is 13.5. The molecule has 1 aliphatic heterocycles. The largest absolute Gasteiger partial charge is 0.387 e. The van der Waals surface area contributed by atoms with Crippen molar-refractivity contribution in [2.75, 3.05) is 6.61 Å². The highest BCUT2D eigenvalue weighted by atomic mass is 79.9. The van der Waals surface area contributed by atoms with Crippen LogP contribution >= 0.6 is 38.9 Å². The van der Waals surface area contributed by atoms with E-state index in [4.69, 9.17) is 16.3 Å². The molecule has 1 aromatic rings. The minimum absolute atomic E-state index is 0.0577. The fourth-order valence-electron chi connectivity index (χ4n) is 3.44. The molecule has 1 aliphatic carbocycles. The van der Waals surface area contributed by atoms with E-state index in [2.05, 4.69) is 15.9 Å². The van der Waals surface area contributed by atoms with Crippen LogP contribution in [0.2, 0.25) is 4.34 Å². The molecule has 1 N–H and O–H groups in total. The van der Waals surface area contributed by atoms with E-state index >= 15 is 0 Å². The molecule has 2 heterocycles. The Kier molecular flexibility index (Phi) is 4.26. The van der Waals surface area contributed by atoms with Crippen LogP contribution in [0.4, 0.5) is 0 Å². The third-order valence-corrected chi connectivity index (χ3v) is 6.99. The van der Waals surface area contributed by atoms with Crippen LogP contribution < -0.4 is 0 Å². The number of aliphatic hydroxyl groups is 1. The molecule has 0 aromatic carbocycles. The monoisotopic (exact) mass is 364 g/mol. The Balaban J connectivity index is 1.74. The summed E-state index contributed by atoms with van der Waals surface area (Å²) < 4.78 is 7.63. The van der Waals surface area contributed by atoms with Gasteiger partial charge in [0.2, 0.25) is 0 Å². The van der Waals surface area contributed by atoms with Crippen molar-refractivity contribution in [3.63, 3.8) is 0 Å². The van der Waals surface area contributed by atoms with Gasteiger partial charge < -0.3 is 9.84 Å². The summed E-state index contributed by atoms with van der Waals surface area (Å²) >= 11 is 11.0. The van der Waals surface area contributed by atoms with E-state index < -0.39 is 6.10 Å². The summed E-state index contributed by atoms with van der Waals surface area (Å²) in [6.45, 7) is 0.780. The predicted octanol–water partition coefficient (Wildman–Crippen LogP) is 4.94. The van der Waals surface area contributed by atoms with Gasteiger partial charge in [-0.25, -0.2) is 0 Å². The second-order valence-electron chi connectivity index (χ2n) is 5.71. The third-order valence-electron chi connectivity index (χ3n) is 4.45. The summed E-state index contributed by atoms with van der Waals surface area (Å²) in [6, 6.07) is 1.95. The molecular formula is C14H18BrClO2S. The Morgan fingerprint density at radius 2 is 2.21 bits per heavy atom. The van der Waals surface area contributed by atoms with Crippen LogP contribution in [0.5, 0.6) is 0 Å². The first kappa shape index (κ1) is 14.3. The van der Waals surface area contributed by atoms with Crippen LogP contribution in [0.25, 0.3) is 0 Å². The number of hydrogen-bond donors (Lipinski definition) is 1. The van der Waals surface area contributed by atoms with Crippen molar-refractivity contribution in [3.8, 4) is 0 Å². The normalized spacial score (nSPS) is 27.8. The summed E-state index contributed by atoms with van der Waals surface area (Å²) in [5.41, 5.74) is 0.0577. The Labute approximate surface area is 131 Å². The van der Waals surface area contributed by atoms with Crippen molar-refractivity contribution in [1.82, 2.24) is 0 Å². The molecule has 1 spiro atoms. The topological polar surface area (TPSA) is 29.5 Å². The van der Waals surface area contributed by atoms with E-state index in [1.165, 1.54) is 24.2 Å². The lowest BCUT2D eigenvalue weighted by Gasteiger charge is -2.39. The number of ether oxygens (including phenoxy) is 1. The van der Waals surface area contributed by atoms with E-state index in [9.17, 15) is 5.11 Å². The fraction of sp³-hybridized carbons (Fsp3) is 0.714. The van der Waals surface area contributed by atoms with Gasteiger partial charge in [-0.3, -0.25) is 0 Å². The molecule has 2 nitrogen and oxygen atoms in total. The van der Waals surface area contributed by atoms with Gasteiger partial charge in [0, 0.05) is 16.0 Å². The van der Waals surface area contributed by atoms with E-state index in [0.29, 0.717) is 5.92 Å². The molecule has 2 aliphatic rings. The Morgan fingerprint density at radius 1 is 1.47 bits per heavy atom. The van der Waals surface area contributed by atoms with Crippen molar-refractivity contribution >= 4 is 38.9 Å². The maximum Gasteiger partial charge on any atom is 0.107 e. The van der Waals surface area contributed by atoms with Crippen LogP contribution in [0.3, 0.4) is 0 Å². The van der Waals surface area contributed by atoms with Crippen molar-refractivity contribution in [3.05, 3.63) is 19.8 Å². The van der Waals surface area contributed by atoms with E-state index in [1.807, 2.05) is 6.07 Å². The van der Waals surface area contributed by atoms with Crippen LogP contribution in [0.15, 0.2) is 10.5 Å². The summed E-state index contributed by atoms with van der Waals surface area (Å²) in [4.78, 5) is 0.969. The van der Waals surface area contributed by atoms with Crippen molar-refractivity contribution in [2.24, 2.45) is 5.92 Å². The van der Waals surface area contributed by atoms with Gasteiger partial charge in [0.1, 0.15) is 4.34 Å². The van der Waals surface area contributed by atoms with Gasteiger partial charge in [-0.1, -0.05) is 24.4 Å². The standard InChI is InChI=1S/C14H18BrClO2S/c15-10-7-11(19-13(10)16)12(17)9-3-6-18-14(8-9)4-1-2-5-14/h7,9,12,17H,1-6,8H2. The average Bonchev–Trinajstić information content (AvgIpc) is 2.97. The van der Waals surface area contributed by atoms with Crippen LogP contribution in [-0.4, -0.2) is 17.3 Å². The van der Waals surface area contributed by atoms with E-state index in [-0.39, 0.29) is 5.60 Å². The summed E-state index contributed by atoms with van der Waals surface area (Å²) in [5, 5.41) is 10.6. The molecule has 1 aromatic heterocycles. The van der Waals surface area contributed by atoms with E-state index in [0.717, 1.165) is 46.0 Å². The summed E-state index contributed by atoms with van der Waals surface area (Å²) in [7, 11) is 0. The van der Waals surface area contributed by atoms with Crippen molar-refractivity contribution < 1.29 is 9.84 Å². The molecule has 19 heavy (non-hydrogen) atoms. The van der Waals surface area contributed by atoms with Gasteiger partial charge in [-0.05, 0) is 53.6 Å². The first-order valence-electron chi connectivity index (χ1n) is 6.86. The maximum atomic E-state index is 10.6. The SMILES string of the molecule is OC(c1cc(Br)c(Cl)s1)C1CCOC2(CCCC2)C1. The molecule has 0 amide bonds. The molecule has 2 atom stereocenters. The number of thiophene rings is 1. The lowest BCUT2D eigenvalue weighted by atomic mass is 9.81. The summed E-state index contributed by atoms with van der Waals surface area (Å²) in [6.07, 6.45) is 6.36. The molecule has 1 saturated carbocycles. The minimum Gasteiger partial charge on any atom is -0.387 e. The van der Waals surface area contributed by atoms with Crippen molar-refractivity contribution in [2.45, 2.75) is 50.2 Å². The maximum absolute atomic E-state index is 10.6. The van der Waals surface area contributed by atoms with Gasteiger partial charge in [0.05, 0.1) is 11.7 Å². The second kappa shape index (κ2) is 5.64. The average molecular weight is 366 g/mol. The molecule has 5 heteroatoms. The first-order chi connectivity index (χ1) is 9.10. The lowest BCUT2D eigenvalue weighted by molar-refractivity contribution is -0.113. The number of rotatable bonds is 2. The zero-order valence-electron chi connectivity index (χ0n) is 10.7. The smallest absolute Gasteiger partial charge is 0.107 e. The molecule has 0 radical (unpaired) electrons. The minimum atomic E-state index is -0.407. The van der Waals surface area contributed by atoms with E-state index in [1.54, 1.807) is 0 Å². The fourth-order valence-corrected chi connectivity index (χ4v) is 5.26. The number of hydrogen-bond acceptors (Lipinski definition) is 3. The molecule has 1 saturated heterocycles. The quantitative estimate of drug-likeness (QED) is 0.804. The molecule has 2 unspecified atom stereocenters.